The molecule has 2 N–H and O–H groups in total. The highest BCUT2D eigenvalue weighted by atomic mass is 35.5. The quantitative estimate of drug-likeness (QED) is 0.898. The van der Waals surface area contributed by atoms with E-state index in [1.807, 2.05) is 24.3 Å². The molecule has 1 saturated heterocycles. The molecule has 0 aromatic heterocycles. The normalized spacial score (nSPS) is 23.1. The minimum atomic E-state index is -0.238. The van der Waals surface area contributed by atoms with Gasteiger partial charge in [0.1, 0.15) is 0 Å². The summed E-state index contributed by atoms with van der Waals surface area (Å²) < 4.78 is 5.22. The first-order chi connectivity index (χ1) is 8.59. The molecule has 1 aromatic rings. The number of nitrogens with two attached hydrogens (primary N) is 1. The molecule has 5 heteroatoms. The summed E-state index contributed by atoms with van der Waals surface area (Å²) in [6.45, 7) is 1.35. The summed E-state index contributed by atoms with van der Waals surface area (Å²) in [5, 5.41) is 0.670. The number of halogens is 1. The molecule has 18 heavy (non-hydrogen) atoms. The Balaban J connectivity index is 2.01. The molecular weight excluding hydrogens is 252 g/mol. The second-order valence-electron chi connectivity index (χ2n) is 4.59. The van der Waals surface area contributed by atoms with Crippen LogP contribution in [-0.4, -0.2) is 37.1 Å². The van der Waals surface area contributed by atoms with E-state index in [9.17, 15) is 4.79 Å². The number of carbonyl (C=O) groups excluding carboxylic acids is 1. The van der Waals surface area contributed by atoms with Crippen molar-refractivity contribution in [2.24, 2.45) is 11.7 Å². The Morgan fingerprint density at radius 2 is 2.22 bits per heavy atom. The van der Waals surface area contributed by atoms with Crippen molar-refractivity contribution in [3.63, 3.8) is 0 Å². The SMILES string of the molecule is CN(Cc1ccccc1Cl)C(=O)C1COCC1N. The third-order valence-electron chi connectivity index (χ3n) is 3.18. The van der Waals surface area contributed by atoms with Crippen LogP contribution in [0.1, 0.15) is 5.56 Å². The second-order valence-corrected chi connectivity index (χ2v) is 5.00. The highest BCUT2D eigenvalue weighted by Crippen LogP contribution is 2.19. The van der Waals surface area contributed by atoms with Crippen molar-refractivity contribution in [1.29, 1.82) is 0 Å². The van der Waals surface area contributed by atoms with Crippen LogP contribution in [0.3, 0.4) is 0 Å². The summed E-state index contributed by atoms with van der Waals surface area (Å²) in [4.78, 5) is 13.8. The fraction of sp³-hybridized carbons (Fsp3) is 0.462. The van der Waals surface area contributed by atoms with Gasteiger partial charge in [0.05, 0.1) is 19.1 Å². The molecule has 1 aromatic carbocycles. The average molecular weight is 269 g/mol. The van der Waals surface area contributed by atoms with Gasteiger partial charge in [-0.3, -0.25) is 4.79 Å². The molecule has 1 fully saturated rings. The number of nitrogens with zero attached hydrogens (tertiary/aromatic N) is 1. The minimum Gasteiger partial charge on any atom is -0.379 e. The summed E-state index contributed by atoms with van der Waals surface area (Å²) in [6.07, 6.45) is 0. The van der Waals surface area contributed by atoms with Gasteiger partial charge in [-0.15, -0.1) is 0 Å². The summed E-state index contributed by atoms with van der Waals surface area (Å²) in [6, 6.07) is 7.31. The van der Waals surface area contributed by atoms with Gasteiger partial charge in [-0.1, -0.05) is 29.8 Å². The molecule has 1 amide bonds. The molecule has 1 aliphatic rings. The molecule has 2 atom stereocenters. The predicted octanol–water partition coefficient (Wildman–Crippen LogP) is 1.27. The predicted molar refractivity (Wildman–Crippen MR) is 70.2 cm³/mol. The molecule has 0 aliphatic carbocycles. The van der Waals surface area contributed by atoms with Crippen molar-refractivity contribution in [3.05, 3.63) is 34.9 Å². The Hall–Kier alpha value is -1.10. The van der Waals surface area contributed by atoms with Crippen LogP contribution in [0.5, 0.6) is 0 Å². The van der Waals surface area contributed by atoms with Gasteiger partial charge in [-0.2, -0.15) is 0 Å². The minimum absolute atomic E-state index is 0.0138. The van der Waals surface area contributed by atoms with Gasteiger partial charge in [-0.25, -0.2) is 0 Å². The van der Waals surface area contributed by atoms with Crippen molar-refractivity contribution in [2.45, 2.75) is 12.6 Å². The first-order valence-corrected chi connectivity index (χ1v) is 6.29. The van der Waals surface area contributed by atoms with Crippen LogP contribution < -0.4 is 5.73 Å². The zero-order chi connectivity index (χ0) is 13.1. The molecule has 98 valence electrons. The van der Waals surface area contributed by atoms with E-state index in [1.54, 1.807) is 11.9 Å². The lowest BCUT2D eigenvalue weighted by Crippen LogP contribution is -2.41. The second kappa shape index (κ2) is 5.69. The van der Waals surface area contributed by atoms with Crippen LogP contribution in [-0.2, 0) is 16.1 Å². The fourth-order valence-electron chi connectivity index (χ4n) is 2.07. The Labute approximate surface area is 112 Å². The molecule has 1 heterocycles. The third-order valence-corrected chi connectivity index (χ3v) is 3.55. The van der Waals surface area contributed by atoms with Gasteiger partial charge >= 0.3 is 0 Å². The summed E-state index contributed by atoms with van der Waals surface area (Å²) in [5.74, 6) is -0.225. The molecule has 1 aliphatic heterocycles. The number of hydrogen-bond donors (Lipinski definition) is 1. The van der Waals surface area contributed by atoms with E-state index >= 15 is 0 Å². The Morgan fingerprint density at radius 3 is 2.83 bits per heavy atom. The molecular formula is C13H17ClN2O2. The van der Waals surface area contributed by atoms with E-state index in [0.717, 1.165) is 5.56 Å². The van der Waals surface area contributed by atoms with Crippen molar-refractivity contribution in [3.8, 4) is 0 Å². The Morgan fingerprint density at radius 1 is 1.50 bits per heavy atom. The van der Waals surface area contributed by atoms with Crippen molar-refractivity contribution in [1.82, 2.24) is 4.90 Å². The van der Waals surface area contributed by atoms with E-state index in [2.05, 4.69) is 0 Å². The van der Waals surface area contributed by atoms with Crippen LogP contribution in [0.25, 0.3) is 0 Å². The first kappa shape index (κ1) is 13.3. The number of carbonyl (C=O) groups is 1. The molecule has 4 nitrogen and oxygen atoms in total. The third kappa shape index (κ3) is 2.83. The van der Waals surface area contributed by atoms with Crippen LogP contribution >= 0.6 is 11.6 Å². The lowest BCUT2D eigenvalue weighted by molar-refractivity contribution is -0.135. The van der Waals surface area contributed by atoms with Gasteiger partial charge < -0.3 is 15.4 Å². The zero-order valence-corrected chi connectivity index (χ0v) is 11.1. The van der Waals surface area contributed by atoms with Crippen LogP contribution in [0, 0.1) is 5.92 Å². The highest BCUT2D eigenvalue weighted by Gasteiger charge is 2.33. The summed E-state index contributed by atoms with van der Waals surface area (Å²) in [5.41, 5.74) is 6.78. The van der Waals surface area contributed by atoms with Crippen LogP contribution in [0.15, 0.2) is 24.3 Å². The van der Waals surface area contributed by atoms with Crippen molar-refractivity contribution >= 4 is 17.5 Å². The average Bonchev–Trinajstić information content (AvgIpc) is 2.77. The summed E-state index contributed by atoms with van der Waals surface area (Å²) in [7, 11) is 1.76. The van der Waals surface area contributed by atoms with E-state index < -0.39 is 0 Å². The van der Waals surface area contributed by atoms with E-state index in [-0.39, 0.29) is 17.9 Å². The molecule has 0 spiro atoms. The van der Waals surface area contributed by atoms with Gasteiger partial charge in [0.2, 0.25) is 5.91 Å². The standard InChI is InChI=1S/C13H17ClN2O2/c1-16(6-9-4-2-3-5-11(9)14)13(17)10-7-18-8-12(10)15/h2-5,10,12H,6-8,15H2,1H3. The number of amides is 1. The number of ether oxygens (including phenoxy) is 1. The monoisotopic (exact) mass is 268 g/mol. The van der Waals surface area contributed by atoms with Gasteiger partial charge in [0.15, 0.2) is 0 Å². The van der Waals surface area contributed by atoms with E-state index in [0.29, 0.717) is 24.8 Å². The number of rotatable bonds is 3. The Kier molecular flexibility index (Phi) is 4.22. The fourth-order valence-corrected chi connectivity index (χ4v) is 2.26. The van der Waals surface area contributed by atoms with Crippen molar-refractivity contribution in [2.75, 3.05) is 20.3 Å². The topological polar surface area (TPSA) is 55.6 Å². The molecule has 0 saturated carbocycles. The summed E-state index contributed by atoms with van der Waals surface area (Å²) >= 11 is 6.07. The van der Waals surface area contributed by atoms with E-state index in [1.165, 1.54) is 0 Å². The Bertz CT molecular complexity index is 439. The van der Waals surface area contributed by atoms with Gasteiger partial charge in [-0.05, 0) is 11.6 Å². The molecule has 2 unspecified atom stereocenters. The molecule has 0 bridgehead atoms. The lowest BCUT2D eigenvalue weighted by Gasteiger charge is -2.22. The largest absolute Gasteiger partial charge is 0.379 e. The van der Waals surface area contributed by atoms with Crippen LogP contribution in [0.4, 0.5) is 0 Å². The van der Waals surface area contributed by atoms with Crippen molar-refractivity contribution < 1.29 is 9.53 Å². The molecule has 0 radical (unpaired) electrons. The lowest BCUT2D eigenvalue weighted by atomic mass is 10.0. The maximum Gasteiger partial charge on any atom is 0.229 e. The van der Waals surface area contributed by atoms with Crippen LogP contribution in [0.2, 0.25) is 5.02 Å². The smallest absolute Gasteiger partial charge is 0.229 e. The highest BCUT2D eigenvalue weighted by molar-refractivity contribution is 6.31. The van der Waals surface area contributed by atoms with Gasteiger partial charge in [0, 0.05) is 24.7 Å². The van der Waals surface area contributed by atoms with E-state index in [4.69, 9.17) is 22.1 Å². The number of benzene rings is 1. The first-order valence-electron chi connectivity index (χ1n) is 5.91. The van der Waals surface area contributed by atoms with Gasteiger partial charge in [0.25, 0.3) is 0 Å². The maximum atomic E-state index is 12.2. The maximum absolute atomic E-state index is 12.2. The molecule has 2 rings (SSSR count). The zero-order valence-electron chi connectivity index (χ0n) is 10.3. The number of hydrogen-bond acceptors (Lipinski definition) is 3.